The summed E-state index contributed by atoms with van der Waals surface area (Å²) >= 11 is 0. The first-order valence-corrected chi connectivity index (χ1v) is 8.14. The molecule has 6 heteroatoms. The predicted molar refractivity (Wildman–Crippen MR) is 95.6 cm³/mol. The Labute approximate surface area is 142 Å². The van der Waals surface area contributed by atoms with Crippen LogP contribution in [-0.4, -0.2) is 28.0 Å². The number of carbonyl (C=O) groups is 1. The number of rotatable bonds is 7. The zero-order valence-corrected chi connectivity index (χ0v) is 14.5. The van der Waals surface area contributed by atoms with Gasteiger partial charge in [0.1, 0.15) is 23.6 Å². The zero-order valence-electron chi connectivity index (χ0n) is 14.5. The Kier molecular flexibility index (Phi) is 6.12. The standard InChI is InChI=1S/C18H24N4O2/c1-5-13(4)21-17-10-16(19-11-20-17)18(23)22-14-6-8-15(9-7-14)24-12(2)3/h6-13H,5H2,1-4H3,(H,22,23)(H,19,20,21). The lowest BCUT2D eigenvalue weighted by atomic mass is 10.2. The molecule has 0 bridgehead atoms. The van der Waals surface area contributed by atoms with Crippen LogP contribution in [0.3, 0.4) is 0 Å². The van der Waals surface area contributed by atoms with Gasteiger partial charge in [0.2, 0.25) is 0 Å². The van der Waals surface area contributed by atoms with Crippen molar-refractivity contribution in [2.75, 3.05) is 10.6 Å². The predicted octanol–water partition coefficient (Wildman–Crippen LogP) is 3.73. The van der Waals surface area contributed by atoms with Crippen LogP contribution in [0.5, 0.6) is 5.75 Å². The van der Waals surface area contributed by atoms with Gasteiger partial charge in [0.05, 0.1) is 6.10 Å². The van der Waals surface area contributed by atoms with Crippen molar-refractivity contribution in [1.29, 1.82) is 0 Å². The van der Waals surface area contributed by atoms with Gasteiger partial charge in [-0.3, -0.25) is 4.79 Å². The van der Waals surface area contributed by atoms with Crippen molar-refractivity contribution in [3.8, 4) is 5.75 Å². The van der Waals surface area contributed by atoms with Crippen molar-refractivity contribution in [2.45, 2.75) is 46.3 Å². The highest BCUT2D eigenvalue weighted by Gasteiger charge is 2.10. The van der Waals surface area contributed by atoms with E-state index in [0.29, 0.717) is 17.2 Å². The van der Waals surface area contributed by atoms with Crippen LogP contribution < -0.4 is 15.4 Å². The Morgan fingerprint density at radius 3 is 2.50 bits per heavy atom. The van der Waals surface area contributed by atoms with E-state index in [-0.39, 0.29) is 18.1 Å². The summed E-state index contributed by atoms with van der Waals surface area (Å²) in [5.74, 6) is 1.14. The maximum absolute atomic E-state index is 12.3. The monoisotopic (exact) mass is 328 g/mol. The molecule has 1 aromatic carbocycles. The molecule has 128 valence electrons. The third-order valence-electron chi connectivity index (χ3n) is 3.39. The van der Waals surface area contributed by atoms with E-state index in [1.807, 2.05) is 26.0 Å². The lowest BCUT2D eigenvalue weighted by molar-refractivity contribution is 0.102. The average Bonchev–Trinajstić information content (AvgIpc) is 2.56. The van der Waals surface area contributed by atoms with Gasteiger partial charge in [-0.1, -0.05) is 6.92 Å². The van der Waals surface area contributed by atoms with Crippen LogP contribution in [0.4, 0.5) is 11.5 Å². The molecular weight excluding hydrogens is 304 g/mol. The summed E-state index contributed by atoms with van der Waals surface area (Å²) in [5, 5.41) is 6.05. The molecule has 2 N–H and O–H groups in total. The SMILES string of the molecule is CCC(C)Nc1cc(C(=O)Nc2ccc(OC(C)C)cc2)ncn1. The number of carbonyl (C=O) groups excluding carboxylic acids is 1. The minimum Gasteiger partial charge on any atom is -0.491 e. The van der Waals surface area contributed by atoms with Crippen molar-refractivity contribution in [1.82, 2.24) is 9.97 Å². The van der Waals surface area contributed by atoms with Crippen LogP contribution in [0.2, 0.25) is 0 Å². The Balaban J connectivity index is 2.02. The molecule has 0 aliphatic heterocycles. The Morgan fingerprint density at radius 2 is 1.88 bits per heavy atom. The molecule has 2 rings (SSSR count). The van der Waals surface area contributed by atoms with Gasteiger partial charge in [0.25, 0.3) is 5.91 Å². The van der Waals surface area contributed by atoms with Crippen molar-refractivity contribution in [3.63, 3.8) is 0 Å². The molecule has 1 heterocycles. The van der Waals surface area contributed by atoms with Crippen LogP contribution in [-0.2, 0) is 0 Å². The second-order valence-electron chi connectivity index (χ2n) is 5.89. The topological polar surface area (TPSA) is 76.1 Å². The number of amides is 1. The molecule has 0 radical (unpaired) electrons. The molecule has 1 unspecified atom stereocenters. The summed E-state index contributed by atoms with van der Waals surface area (Å²) in [7, 11) is 0. The van der Waals surface area contributed by atoms with Crippen molar-refractivity contribution >= 4 is 17.4 Å². The van der Waals surface area contributed by atoms with E-state index in [0.717, 1.165) is 12.2 Å². The van der Waals surface area contributed by atoms with E-state index in [1.54, 1.807) is 18.2 Å². The van der Waals surface area contributed by atoms with Gasteiger partial charge in [-0.15, -0.1) is 0 Å². The fourth-order valence-electron chi connectivity index (χ4n) is 2.00. The molecule has 2 aromatic rings. The van der Waals surface area contributed by atoms with Gasteiger partial charge in [0, 0.05) is 17.8 Å². The van der Waals surface area contributed by atoms with Crippen molar-refractivity contribution < 1.29 is 9.53 Å². The van der Waals surface area contributed by atoms with E-state index in [1.165, 1.54) is 6.33 Å². The number of nitrogens with one attached hydrogen (secondary N) is 2. The number of aromatic nitrogens is 2. The number of hydrogen-bond acceptors (Lipinski definition) is 5. The lowest BCUT2D eigenvalue weighted by Gasteiger charge is -2.12. The largest absolute Gasteiger partial charge is 0.491 e. The van der Waals surface area contributed by atoms with E-state index < -0.39 is 0 Å². The smallest absolute Gasteiger partial charge is 0.274 e. The fourth-order valence-corrected chi connectivity index (χ4v) is 2.00. The minimum atomic E-state index is -0.276. The Hall–Kier alpha value is -2.63. The summed E-state index contributed by atoms with van der Waals surface area (Å²) in [6.07, 6.45) is 2.47. The van der Waals surface area contributed by atoms with Crippen LogP contribution in [0.25, 0.3) is 0 Å². The van der Waals surface area contributed by atoms with Crippen molar-refractivity contribution in [2.24, 2.45) is 0 Å². The summed E-state index contributed by atoms with van der Waals surface area (Å²) < 4.78 is 5.58. The number of nitrogens with zero attached hydrogens (tertiary/aromatic N) is 2. The highest BCUT2D eigenvalue weighted by molar-refractivity contribution is 6.03. The highest BCUT2D eigenvalue weighted by atomic mass is 16.5. The van der Waals surface area contributed by atoms with Crippen LogP contribution in [0.1, 0.15) is 44.6 Å². The average molecular weight is 328 g/mol. The lowest BCUT2D eigenvalue weighted by Crippen LogP contribution is -2.17. The zero-order chi connectivity index (χ0) is 17.5. The molecular formula is C18H24N4O2. The molecule has 1 atom stereocenters. The fraction of sp³-hybridized carbons (Fsp3) is 0.389. The maximum Gasteiger partial charge on any atom is 0.274 e. The Bertz CT molecular complexity index is 671. The molecule has 0 aliphatic carbocycles. The highest BCUT2D eigenvalue weighted by Crippen LogP contribution is 2.17. The summed E-state index contributed by atoms with van der Waals surface area (Å²) in [4.78, 5) is 20.5. The normalized spacial score (nSPS) is 11.9. The number of hydrogen-bond donors (Lipinski definition) is 2. The van der Waals surface area contributed by atoms with Crippen LogP contribution >= 0.6 is 0 Å². The molecule has 0 saturated heterocycles. The third kappa shape index (κ3) is 5.22. The first-order chi connectivity index (χ1) is 11.5. The van der Waals surface area contributed by atoms with E-state index in [9.17, 15) is 4.79 Å². The van der Waals surface area contributed by atoms with Gasteiger partial charge in [0.15, 0.2) is 0 Å². The number of anilines is 2. The summed E-state index contributed by atoms with van der Waals surface area (Å²) in [6.45, 7) is 8.08. The van der Waals surface area contributed by atoms with Gasteiger partial charge in [-0.05, 0) is 51.5 Å². The van der Waals surface area contributed by atoms with E-state index in [4.69, 9.17) is 4.74 Å². The molecule has 6 nitrogen and oxygen atoms in total. The third-order valence-corrected chi connectivity index (χ3v) is 3.39. The van der Waals surface area contributed by atoms with Gasteiger partial charge in [-0.2, -0.15) is 0 Å². The molecule has 1 amide bonds. The second-order valence-corrected chi connectivity index (χ2v) is 5.89. The number of ether oxygens (including phenoxy) is 1. The Morgan fingerprint density at radius 1 is 1.17 bits per heavy atom. The van der Waals surface area contributed by atoms with Gasteiger partial charge >= 0.3 is 0 Å². The number of benzene rings is 1. The molecule has 0 aliphatic rings. The van der Waals surface area contributed by atoms with Crippen molar-refractivity contribution in [3.05, 3.63) is 42.4 Å². The maximum atomic E-state index is 12.3. The van der Waals surface area contributed by atoms with Crippen LogP contribution in [0.15, 0.2) is 36.7 Å². The van der Waals surface area contributed by atoms with Gasteiger partial charge < -0.3 is 15.4 Å². The molecule has 1 aromatic heterocycles. The van der Waals surface area contributed by atoms with Crippen LogP contribution in [0, 0.1) is 0 Å². The summed E-state index contributed by atoms with van der Waals surface area (Å²) in [5.41, 5.74) is 1.00. The summed E-state index contributed by atoms with van der Waals surface area (Å²) in [6, 6.07) is 9.18. The van der Waals surface area contributed by atoms with Gasteiger partial charge in [-0.25, -0.2) is 9.97 Å². The molecule has 0 spiro atoms. The second kappa shape index (κ2) is 8.29. The first kappa shape index (κ1) is 17.7. The van der Waals surface area contributed by atoms with E-state index >= 15 is 0 Å². The minimum absolute atomic E-state index is 0.114. The molecule has 0 fully saturated rings. The molecule has 24 heavy (non-hydrogen) atoms. The molecule has 0 saturated carbocycles. The quantitative estimate of drug-likeness (QED) is 0.810. The van der Waals surface area contributed by atoms with E-state index in [2.05, 4.69) is 34.4 Å². The first-order valence-electron chi connectivity index (χ1n) is 8.14.